The van der Waals surface area contributed by atoms with Crippen LogP contribution in [0.4, 0.5) is 8.78 Å². The summed E-state index contributed by atoms with van der Waals surface area (Å²) in [7, 11) is 1.67. The highest BCUT2D eigenvalue weighted by molar-refractivity contribution is 14.0. The smallest absolute Gasteiger partial charge is 0.387 e. The first-order valence-electron chi connectivity index (χ1n) is 7.68. The summed E-state index contributed by atoms with van der Waals surface area (Å²) in [4.78, 5) is 8.35. The lowest BCUT2D eigenvalue weighted by Gasteiger charge is -2.14. The molecule has 2 rings (SSSR count). The highest BCUT2D eigenvalue weighted by Gasteiger charge is 2.09. The maximum Gasteiger partial charge on any atom is 0.387 e. The van der Waals surface area contributed by atoms with E-state index >= 15 is 0 Å². The van der Waals surface area contributed by atoms with Gasteiger partial charge in [-0.2, -0.15) is 8.78 Å². The highest BCUT2D eigenvalue weighted by Crippen LogP contribution is 2.21. The maximum absolute atomic E-state index is 12.4. The molecule has 2 N–H and O–H groups in total. The van der Waals surface area contributed by atoms with Crippen LogP contribution in [0.5, 0.6) is 5.75 Å². The molecule has 10 heteroatoms. The van der Waals surface area contributed by atoms with Crippen molar-refractivity contribution in [2.24, 2.45) is 4.99 Å². The van der Waals surface area contributed by atoms with E-state index < -0.39 is 6.61 Å². The second-order valence-corrected chi connectivity index (χ2v) is 7.08. The van der Waals surface area contributed by atoms with Crippen molar-refractivity contribution >= 4 is 53.0 Å². The first kappa shape index (κ1) is 22.9. The van der Waals surface area contributed by atoms with E-state index in [4.69, 9.17) is 0 Å². The van der Waals surface area contributed by atoms with E-state index in [-0.39, 0.29) is 29.7 Å². The van der Waals surface area contributed by atoms with Gasteiger partial charge in [0.15, 0.2) is 5.96 Å². The van der Waals surface area contributed by atoms with Gasteiger partial charge in [0.1, 0.15) is 10.1 Å². The molecule has 26 heavy (non-hydrogen) atoms. The molecule has 5 nitrogen and oxygen atoms in total. The number of hydrogen-bond donors (Lipinski definition) is 2. The van der Waals surface area contributed by atoms with Gasteiger partial charge in [-0.3, -0.25) is 4.99 Å². The highest BCUT2D eigenvalue weighted by atomic mass is 127. The number of nitrogens with zero attached hydrogens (tertiary/aromatic N) is 2. The van der Waals surface area contributed by atoms with Gasteiger partial charge in [-0.15, -0.1) is 35.3 Å². The van der Waals surface area contributed by atoms with Crippen molar-refractivity contribution in [2.45, 2.75) is 23.9 Å². The molecule has 0 radical (unpaired) electrons. The molecule has 0 aliphatic rings. The summed E-state index contributed by atoms with van der Waals surface area (Å²) in [6.45, 7) is -1.74. The van der Waals surface area contributed by atoms with Gasteiger partial charge >= 0.3 is 6.61 Å². The number of rotatable bonds is 9. The van der Waals surface area contributed by atoms with Gasteiger partial charge in [0, 0.05) is 43.0 Å². The quantitative estimate of drug-likeness (QED) is 0.173. The number of ether oxygens (including phenoxy) is 1. The van der Waals surface area contributed by atoms with Crippen molar-refractivity contribution in [3.05, 3.63) is 41.4 Å². The van der Waals surface area contributed by atoms with Crippen molar-refractivity contribution in [1.82, 2.24) is 15.6 Å². The summed E-state index contributed by atoms with van der Waals surface area (Å²) < 4.78 is 30.4. The number of benzene rings is 1. The van der Waals surface area contributed by atoms with Crippen LogP contribution in [0.1, 0.15) is 12.0 Å². The Kier molecular flexibility index (Phi) is 11.5. The second kappa shape index (κ2) is 13.1. The molecule has 0 amide bonds. The van der Waals surface area contributed by atoms with Crippen LogP contribution >= 0.6 is 47.1 Å². The van der Waals surface area contributed by atoms with Crippen LogP contribution < -0.4 is 15.4 Å². The van der Waals surface area contributed by atoms with Gasteiger partial charge in [-0.05, 0) is 12.5 Å². The van der Waals surface area contributed by atoms with Crippen LogP contribution in [0, 0.1) is 0 Å². The number of para-hydroxylation sites is 1. The molecule has 1 aromatic heterocycles. The number of thioether (sulfide) groups is 1. The number of aliphatic imine (C=N–C) groups is 1. The minimum Gasteiger partial charge on any atom is -0.434 e. The Morgan fingerprint density at radius 2 is 2.15 bits per heavy atom. The molecule has 0 unspecified atom stereocenters. The molecule has 0 fully saturated rings. The van der Waals surface area contributed by atoms with Gasteiger partial charge in [0.25, 0.3) is 0 Å². The summed E-state index contributed by atoms with van der Waals surface area (Å²) in [6, 6.07) is 6.70. The predicted molar refractivity (Wildman–Crippen MR) is 114 cm³/mol. The molecule has 1 aromatic carbocycles. The molecule has 0 aliphatic carbocycles. The topological polar surface area (TPSA) is 58.5 Å². The summed E-state index contributed by atoms with van der Waals surface area (Å²) in [5, 5.41) is 8.26. The number of alkyl halides is 2. The molecule has 0 atom stereocenters. The zero-order valence-electron chi connectivity index (χ0n) is 14.2. The van der Waals surface area contributed by atoms with Crippen LogP contribution in [0.2, 0.25) is 0 Å². The normalized spacial score (nSPS) is 11.2. The minimum absolute atomic E-state index is 0. The lowest BCUT2D eigenvalue weighted by molar-refractivity contribution is -0.0504. The van der Waals surface area contributed by atoms with Gasteiger partial charge in [-0.25, -0.2) is 4.98 Å². The number of aromatic nitrogens is 1. The summed E-state index contributed by atoms with van der Waals surface area (Å²) in [6.07, 6.45) is 2.75. The molecule has 0 saturated heterocycles. The van der Waals surface area contributed by atoms with E-state index in [1.54, 1.807) is 54.5 Å². The van der Waals surface area contributed by atoms with Crippen LogP contribution in [-0.4, -0.2) is 36.9 Å². The van der Waals surface area contributed by atoms with E-state index in [1.165, 1.54) is 6.07 Å². The number of guanidine groups is 1. The molecule has 0 bridgehead atoms. The van der Waals surface area contributed by atoms with E-state index in [9.17, 15) is 8.78 Å². The Morgan fingerprint density at radius 1 is 1.35 bits per heavy atom. The Balaban J connectivity index is 0.00000338. The minimum atomic E-state index is -2.84. The molecule has 1 heterocycles. The Morgan fingerprint density at radius 3 is 2.85 bits per heavy atom. The summed E-state index contributed by atoms with van der Waals surface area (Å²) >= 11 is 3.36. The third kappa shape index (κ3) is 8.49. The largest absolute Gasteiger partial charge is 0.434 e. The second-order valence-electron chi connectivity index (χ2n) is 4.84. The number of hydrogen-bond acceptors (Lipinski definition) is 5. The van der Waals surface area contributed by atoms with E-state index in [0.717, 1.165) is 23.1 Å². The Labute approximate surface area is 177 Å². The monoisotopic (exact) mass is 514 g/mol. The Hall–Kier alpha value is -1.14. The first-order valence-corrected chi connectivity index (χ1v) is 9.55. The first-order chi connectivity index (χ1) is 12.2. The van der Waals surface area contributed by atoms with E-state index in [2.05, 4.69) is 25.3 Å². The predicted octanol–water partition coefficient (Wildman–Crippen LogP) is 4.21. The van der Waals surface area contributed by atoms with Crippen molar-refractivity contribution in [2.75, 3.05) is 19.3 Å². The third-order valence-electron chi connectivity index (χ3n) is 3.11. The maximum atomic E-state index is 12.4. The fourth-order valence-electron chi connectivity index (χ4n) is 1.98. The summed E-state index contributed by atoms with van der Waals surface area (Å²) in [5.74, 6) is 1.74. The van der Waals surface area contributed by atoms with Crippen LogP contribution in [0.25, 0.3) is 0 Å². The van der Waals surface area contributed by atoms with Crippen LogP contribution in [0.15, 0.2) is 45.2 Å². The molecule has 0 aliphatic heterocycles. The molecular formula is C16H21F2IN4OS2. The van der Waals surface area contributed by atoms with E-state index in [1.807, 2.05) is 5.38 Å². The standard InChI is InChI=1S/C16H20F2N4OS2.HI/c1-19-15(20-7-4-9-24-16-21-8-10-25-16)22-11-12-5-2-3-6-13(12)23-14(17)18;/h2-3,5-6,8,10,14H,4,7,9,11H2,1H3,(H2,19,20,22);1H. The average molecular weight is 514 g/mol. The molecule has 0 spiro atoms. The van der Waals surface area contributed by atoms with Gasteiger partial charge < -0.3 is 15.4 Å². The number of thiazole rings is 1. The van der Waals surface area contributed by atoms with Crippen molar-refractivity contribution in [3.63, 3.8) is 0 Å². The van der Waals surface area contributed by atoms with Crippen LogP contribution in [-0.2, 0) is 6.54 Å². The number of halogens is 3. The average Bonchev–Trinajstić information content (AvgIpc) is 3.11. The zero-order valence-corrected chi connectivity index (χ0v) is 18.1. The van der Waals surface area contributed by atoms with Crippen LogP contribution in [0.3, 0.4) is 0 Å². The fourth-order valence-corrected chi connectivity index (χ4v) is 3.63. The van der Waals surface area contributed by atoms with Gasteiger partial charge in [0.05, 0.1) is 0 Å². The summed E-state index contributed by atoms with van der Waals surface area (Å²) in [5.41, 5.74) is 0.644. The lowest BCUT2D eigenvalue weighted by Crippen LogP contribution is -2.37. The fraction of sp³-hybridized carbons (Fsp3) is 0.375. The zero-order chi connectivity index (χ0) is 17.9. The van der Waals surface area contributed by atoms with E-state index in [0.29, 0.717) is 18.1 Å². The third-order valence-corrected chi connectivity index (χ3v) is 5.16. The van der Waals surface area contributed by atoms with Crippen molar-refractivity contribution < 1.29 is 13.5 Å². The lowest BCUT2D eigenvalue weighted by atomic mass is 10.2. The van der Waals surface area contributed by atoms with Crippen molar-refractivity contribution in [3.8, 4) is 5.75 Å². The molecular weight excluding hydrogens is 493 g/mol. The Bertz CT molecular complexity index is 659. The SMILES string of the molecule is CN=C(NCCCSc1nccs1)NCc1ccccc1OC(F)F.I. The molecule has 0 saturated carbocycles. The van der Waals surface area contributed by atoms with Gasteiger partial charge in [-0.1, -0.05) is 30.0 Å². The molecule has 2 aromatic rings. The number of nitrogens with one attached hydrogen (secondary N) is 2. The van der Waals surface area contributed by atoms with Gasteiger partial charge in [0.2, 0.25) is 0 Å². The molecule has 144 valence electrons. The van der Waals surface area contributed by atoms with Crippen molar-refractivity contribution in [1.29, 1.82) is 0 Å².